The minimum atomic E-state index is 0.894. The van der Waals surface area contributed by atoms with Crippen molar-refractivity contribution in [1.82, 2.24) is 0 Å². The van der Waals surface area contributed by atoms with E-state index in [0.717, 1.165) is 19.1 Å². The number of hydrogen-bond donors (Lipinski definition) is 0. The van der Waals surface area contributed by atoms with Gasteiger partial charge in [-0.05, 0) is 25.2 Å². The molecular weight excluding hydrogens is 172 g/mol. The lowest BCUT2D eigenvalue weighted by Gasteiger charge is -2.09. The highest BCUT2D eigenvalue weighted by Crippen LogP contribution is 2.24. The Bertz CT molecular complexity index is 116. The maximum Gasteiger partial charge on any atom is 0.0494 e. The highest BCUT2D eigenvalue weighted by atomic mass is 16.5. The van der Waals surface area contributed by atoms with Crippen LogP contribution in [0.15, 0.2) is 0 Å². The Balaban J connectivity index is 1.75. The third-order valence-corrected chi connectivity index (χ3v) is 3.22. The molecule has 1 heteroatoms. The van der Waals surface area contributed by atoms with Crippen molar-refractivity contribution in [1.29, 1.82) is 0 Å². The Morgan fingerprint density at radius 3 is 2.43 bits per heavy atom. The van der Waals surface area contributed by atoms with Gasteiger partial charge in [0.05, 0.1) is 0 Å². The standard InChI is InChI=1S/C13H26O/c1-2-3-4-5-8-11-14-12-13-9-6-7-10-13/h13H,2-12H2,1H3. The average molecular weight is 198 g/mol. The first-order chi connectivity index (χ1) is 6.93. The molecule has 1 aliphatic carbocycles. The van der Waals surface area contributed by atoms with Crippen LogP contribution in [0.5, 0.6) is 0 Å². The second kappa shape index (κ2) is 8.28. The van der Waals surface area contributed by atoms with Crippen LogP contribution in [0.2, 0.25) is 0 Å². The van der Waals surface area contributed by atoms with E-state index in [0.29, 0.717) is 0 Å². The summed E-state index contributed by atoms with van der Waals surface area (Å²) < 4.78 is 5.70. The van der Waals surface area contributed by atoms with Gasteiger partial charge in [-0.3, -0.25) is 0 Å². The number of ether oxygens (including phenoxy) is 1. The van der Waals surface area contributed by atoms with Gasteiger partial charge in [-0.1, -0.05) is 45.4 Å². The van der Waals surface area contributed by atoms with Crippen LogP contribution >= 0.6 is 0 Å². The summed E-state index contributed by atoms with van der Waals surface area (Å²) in [6, 6.07) is 0. The molecule has 0 N–H and O–H groups in total. The number of unbranched alkanes of at least 4 members (excludes halogenated alkanes) is 4. The lowest BCUT2D eigenvalue weighted by Crippen LogP contribution is -2.06. The predicted octanol–water partition coefficient (Wildman–Crippen LogP) is 4.16. The summed E-state index contributed by atoms with van der Waals surface area (Å²) in [5.41, 5.74) is 0. The number of rotatable bonds is 8. The maximum absolute atomic E-state index is 5.70. The Labute approximate surface area is 89.2 Å². The minimum Gasteiger partial charge on any atom is -0.381 e. The smallest absolute Gasteiger partial charge is 0.0494 e. The van der Waals surface area contributed by atoms with E-state index >= 15 is 0 Å². The molecule has 1 rings (SSSR count). The van der Waals surface area contributed by atoms with Gasteiger partial charge in [0, 0.05) is 13.2 Å². The molecule has 1 fully saturated rings. The van der Waals surface area contributed by atoms with Gasteiger partial charge in [0.25, 0.3) is 0 Å². The van der Waals surface area contributed by atoms with Crippen molar-refractivity contribution in [2.24, 2.45) is 5.92 Å². The second-order valence-corrected chi connectivity index (χ2v) is 4.64. The van der Waals surface area contributed by atoms with Gasteiger partial charge in [0.15, 0.2) is 0 Å². The van der Waals surface area contributed by atoms with E-state index in [1.807, 2.05) is 0 Å². The normalized spacial score (nSPS) is 17.8. The summed E-state index contributed by atoms with van der Waals surface area (Å²) in [7, 11) is 0. The van der Waals surface area contributed by atoms with E-state index in [9.17, 15) is 0 Å². The third-order valence-electron chi connectivity index (χ3n) is 3.22. The predicted molar refractivity (Wildman–Crippen MR) is 61.5 cm³/mol. The SMILES string of the molecule is CCCCCCCOCC1CCCC1. The van der Waals surface area contributed by atoms with Gasteiger partial charge in [-0.25, -0.2) is 0 Å². The zero-order valence-electron chi connectivity index (χ0n) is 9.76. The Morgan fingerprint density at radius 2 is 1.71 bits per heavy atom. The van der Waals surface area contributed by atoms with Crippen LogP contribution in [0.4, 0.5) is 0 Å². The zero-order valence-corrected chi connectivity index (χ0v) is 9.76. The molecule has 1 nitrogen and oxygen atoms in total. The van der Waals surface area contributed by atoms with Crippen LogP contribution < -0.4 is 0 Å². The molecule has 0 aromatic rings. The Kier molecular flexibility index (Phi) is 7.12. The lowest BCUT2D eigenvalue weighted by atomic mass is 10.1. The van der Waals surface area contributed by atoms with Gasteiger partial charge < -0.3 is 4.74 Å². The topological polar surface area (TPSA) is 9.23 Å². The van der Waals surface area contributed by atoms with Crippen LogP contribution in [0.25, 0.3) is 0 Å². The molecule has 0 radical (unpaired) electrons. The van der Waals surface area contributed by atoms with Gasteiger partial charge >= 0.3 is 0 Å². The van der Waals surface area contributed by atoms with E-state index in [1.54, 1.807) is 0 Å². The summed E-state index contributed by atoms with van der Waals surface area (Å²) in [5.74, 6) is 0.894. The molecule has 0 heterocycles. The molecule has 0 saturated heterocycles. The Hall–Kier alpha value is -0.0400. The van der Waals surface area contributed by atoms with Crippen LogP contribution in [-0.2, 0) is 4.74 Å². The van der Waals surface area contributed by atoms with Crippen molar-refractivity contribution >= 4 is 0 Å². The lowest BCUT2D eigenvalue weighted by molar-refractivity contribution is 0.0979. The van der Waals surface area contributed by atoms with Crippen LogP contribution in [0.1, 0.15) is 64.7 Å². The number of hydrogen-bond acceptors (Lipinski definition) is 1. The van der Waals surface area contributed by atoms with E-state index in [2.05, 4.69) is 6.92 Å². The third kappa shape index (κ3) is 5.64. The average Bonchev–Trinajstić information content (AvgIpc) is 2.69. The van der Waals surface area contributed by atoms with Crippen LogP contribution in [0.3, 0.4) is 0 Å². The highest BCUT2D eigenvalue weighted by Gasteiger charge is 2.14. The molecule has 0 aromatic carbocycles. The van der Waals surface area contributed by atoms with E-state index in [-0.39, 0.29) is 0 Å². The molecule has 0 bridgehead atoms. The van der Waals surface area contributed by atoms with Crippen molar-refractivity contribution in [3.63, 3.8) is 0 Å². The van der Waals surface area contributed by atoms with Crippen LogP contribution in [-0.4, -0.2) is 13.2 Å². The minimum absolute atomic E-state index is 0.894. The summed E-state index contributed by atoms with van der Waals surface area (Å²) in [6.45, 7) is 4.30. The first kappa shape index (κ1) is 12.0. The molecular formula is C13H26O. The summed E-state index contributed by atoms with van der Waals surface area (Å²) >= 11 is 0. The fourth-order valence-electron chi connectivity index (χ4n) is 2.23. The molecule has 0 aliphatic heterocycles. The van der Waals surface area contributed by atoms with E-state index < -0.39 is 0 Å². The highest BCUT2D eigenvalue weighted by molar-refractivity contribution is 4.66. The van der Waals surface area contributed by atoms with Crippen molar-refractivity contribution < 1.29 is 4.74 Å². The van der Waals surface area contributed by atoms with E-state index in [4.69, 9.17) is 4.74 Å². The van der Waals surface area contributed by atoms with E-state index in [1.165, 1.54) is 57.8 Å². The quantitative estimate of drug-likeness (QED) is 0.532. The van der Waals surface area contributed by atoms with Crippen molar-refractivity contribution in [3.8, 4) is 0 Å². The first-order valence-electron chi connectivity index (χ1n) is 6.51. The second-order valence-electron chi connectivity index (χ2n) is 4.64. The molecule has 0 spiro atoms. The molecule has 0 unspecified atom stereocenters. The molecule has 84 valence electrons. The van der Waals surface area contributed by atoms with Crippen molar-refractivity contribution in [3.05, 3.63) is 0 Å². The zero-order chi connectivity index (χ0) is 10.1. The summed E-state index contributed by atoms with van der Waals surface area (Å²) in [4.78, 5) is 0. The fraction of sp³-hybridized carbons (Fsp3) is 1.00. The fourth-order valence-corrected chi connectivity index (χ4v) is 2.23. The first-order valence-corrected chi connectivity index (χ1v) is 6.51. The maximum atomic E-state index is 5.70. The molecule has 0 atom stereocenters. The van der Waals surface area contributed by atoms with Crippen molar-refractivity contribution in [2.75, 3.05) is 13.2 Å². The molecule has 0 aromatic heterocycles. The largest absolute Gasteiger partial charge is 0.381 e. The van der Waals surface area contributed by atoms with Gasteiger partial charge in [-0.2, -0.15) is 0 Å². The Morgan fingerprint density at radius 1 is 1.00 bits per heavy atom. The van der Waals surface area contributed by atoms with Gasteiger partial charge in [0.1, 0.15) is 0 Å². The summed E-state index contributed by atoms with van der Waals surface area (Å²) in [6.07, 6.45) is 12.4. The van der Waals surface area contributed by atoms with Gasteiger partial charge in [-0.15, -0.1) is 0 Å². The van der Waals surface area contributed by atoms with Crippen LogP contribution in [0, 0.1) is 5.92 Å². The molecule has 1 aliphatic rings. The molecule has 14 heavy (non-hydrogen) atoms. The molecule has 0 amide bonds. The molecule has 1 saturated carbocycles. The summed E-state index contributed by atoms with van der Waals surface area (Å²) in [5, 5.41) is 0. The van der Waals surface area contributed by atoms with Gasteiger partial charge in [0.2, 0.25) is 0 Å². The van der Waals surface area contributed by atoms with Crippen molar-refractivity contribution in [2.45, 2.75) is 64.7 Å². The monoisotopic (exact) mass is 198 g/mol.